The minimum Gasteiger partial charge on any atom is -0.493 e. The summed E-state index contributed by atoms with van der Waals surface area (Å²) in [6.07, 6.45) is 1.47. The molecule has 0 amide bonds. The van der Waals surface area contributed by atoms with Gasteiger partial charge in [0, 0.05) is 5.56 Å². The van der Waals surface area contributed by atoms with E-state index in [2.05, 4.69) is 14.8 Å². The van der Waals surface area contributed by atoms with Crippen molar-refractivity contribution in [2.24, 2.45) is 5.10 Å². The molecule has 3 aromatic carbocycles. The average Bonchev–Trinajstić information content (AvgIpc) is 2.87. The number of esters is 1. The monoisotopic (exact) mass is 477 g/mol. The van der Waals surface area contributed by atoms with Gasteiger partial charge in [0.05, 0.1) is 36.4 Å². The van der Waals surface area contributed by atoms with Crippen LogP contribution in [-0.4, -0.2) is 42.7 Å². The lowest BCUT2D eigenvalue weighted by molar-refractivity contribution is -0.142. The van der Waals surface area contributed by atoms with Crippen LogP contribution in [0.5, 0.6) is 11.5 Å². The molecular formula is C25H20ClN3O5. The zero-order valence-electron chi connectivity index (χ0n) is 18.4. The van der Waals surface area contributed by atoms with Gasteiger partial charge in [-0.05, 0) is 29.8 Å². The van der Waals surface area contributed by atoms with Crippen molar-refractivity contribution in [1.29, 1.82) is 0 Å². The van der Waals surface area contributed by atoms with Crippen LogP contribution in [0.15, 0.2) is 76.6 Å². The Bertz CT molecular complexity index is 1430. The molecule has 0 aliphatic carbocycles. The molecule has 1 heterocycles. The summed E-state index contributed by atoms with van der Waals surface area (Å²) in [4.78, 5) is 29.3. The van der Waals surface area contributed by atoms with E-state index in [1.165, 1.54) is 25.1 Å². The Kier molecular flexibility index (Phi) is 6.89. The highest BCUT2D eigenvalue weighted by molar-refractivity contribution is 6.32. The third-order valence-corrected chi connectivity index (χ3v) is 5.20. The first-order chi connectivity index (χ1) is 16.5. The maximum absolute atomic E-state index is 13.3. The number of methoxy groups -OCH3 is 2. The number of aromatic nitrogens is 2. The van der Waals surface area contributed by atoms with Gasteiger partial charge in [-0.25, -0.2) is 9.78 Å². The van der Waals surface area contributed by atoms with E-state index in [1.807, 2.05) is 36.4 Å². The molecule has 4 aromatic rings. The average molecular weight is 478 g/mol. The van der Waals surface area contributed by atoms with Crippen LogP contribution < -0.4 is 15.0 Å². The Balaban J connectivity index is 1.78. The summed E-state index contributed by atoms with van der Waals surface area (Å²) in [6, 6.07) is 19.6. The summed E-state index contributed by atoms with van der Waals surface area (Å²) in [5.41, 5.74) is 1.56. The second-order valence-electron chi connectivity index (χ2n) is 7.08. The number of carbonyl (C=O) groups excluding carboxylic acids is 1. The lowest BCUT2D eigenvalue weighted by atomic mass is 10.2. The highest BCUT2D eigenvalue weighted by atomic mass is 35.5. The van der Waals surface area contributed by atoms with Gasteiger partial charge in [0.1, 0.15) is 0 Å². The normalized spacial score (nSPS) is 11.0. The van der Waals surface area contributed by atoms with Crippen LogP contribution in [0.1, 0.15) is 5.56 Å². The number of hydrogen-bond donors (Lipinski definition) is 0. The molecule has 0 saturated heterocycles. The summed E-state index contributed by atoms with van der Waals surface area (Å²) in [5, 5.41) is 5.08. The van der Waals surface area contributed by atoms with E-state index in [1.54, 1.807) is 30.3 Å². The van der Waals surface area contributed by atoms with E-state index in [0.717, 1.165) is 5.56 Å². The number of benzene rings is 3. The van der Waals surface area contributed by atoms with Crippen LogP contribution in [-0.2, 0) is 9.53 Å². The number of halogens is 1. The van der Waals surface area contributed by atoms with Crippen LogP contribution in [0.25, 0.3) is 22.3 Å². The molecule has 0 fully saturated rings. The molecule has 0 aliphatic heterocycles. The third-order valence-electron chi connectivity index (χ3n) is 4.92. The Morgan fingerprint density at radius 1 is 1.09 bits per heavy atom. The lowest BCUT2D eigenvalue weighted by Crippen LogP contribution is -2.20. The van der Waals surface area contributed by atoms with Crippen molar-refractivity contribution in [3.8, 4) is 22.9 Å². The quantitative estimate of drug-likeness (QED) is 0.293. The van der Waals surface area contributed by atoms with E-state index >= 15 is 0 Å². The fourth-order valence-electron chi connectivity index (χ4n) is 3.27. The molecule has 4 rings (SSSR count). The van der Waals surface area contributed by atoms with Gasteiger partial charge in [-0.2, -0.15) is 9.78 Å². The van der Waals surface area contributed by atoms with Crippen molar-refractivity contribution in [2.75, 3.05) is 20.8 Å². The fraction of sp³-hybridized carbons (Fsp3) is 0.120. The number of ether oxygens (including phenoxy) is 3. The maximum atomic E-state index is 13.3. The van der Waals surface area contributed by atoms with E-state index in [9.17, 15) is 9.59 Å². The van der Waals surface area contributed by atoms with Crippen LogP contribution in [0.2, 0.25) is 5.02 Å². The Morgan fingerprint density at radius 3 is 2.56 bits per heavy atom. The smallest absolute Gasteiger partial charge is 0.343 e. The molecule has 0 aliphatic rings. The van der Waals surface area contributed by atoms with Gasteiger partial charge < -0.3 is 14.2 Å². The summed E-state index contributed by atoms with van der Waals surface area (Å²) < 4.78 is 16.6. The summed E-state index contributed by atoms with van der Waals surface area (Å²) in [7, 11) is 2.71. The predicted molar refractivity (Wildman–Crippen MR) is 130 cm³/mol. The summed E-state index contributed by atoms with van der Waals surface area (Å²) in [6.45, 7) is -0.321. The van der Waals surface area contributed by atoms with E-state index in [0.29, 0.717) is 28.0 Å². The number of para-hydroxylation sites is 1. The lowest BCUT2D eigenvalue weighted by Gasteiger charge is -2.12. The van der Waals surface area contributed by atoms with Gasteiger partial charge in [-0.15, -0.1) is 0 Å². The number of hydrogen-bond acceptors (Lipinski definition) is 7. The molecule has 8 nitrogen and oxygen atoms in total. The molecule has 0 unspecified atom stereocenters. The molecule has 0 N–H and O–H groups in total. The first-order valence-electron chi connectivity index (χ1n) is 10.2. The molecule has 9 heteroatoms. The van der Waals surface area contributed by atoms with Gasteiger partial charge in [0.15, 0.2) is 23.9 Å². The van der Waals surface area contributed by atoms with Crippen molar-refractivity contribution < 1.29 is 19.0 Å². The highest BCUT2D eigenvalue weighted by Crippen LogP contribution is 2.36. The minimum atomic E-state index is -0.555. The number of nitrogens with zero attached hydrogens (tertiary/aromatic N) is 3. The van der Waals surface area contributed by atoms with Crippen LogP contribution in [0, 0.1) is 0 Å². The van der Waals surface area contributed by atoms with Crippen molar-refractivity contribution in [1.82, 2.24) is 9.66 Å². The maximum Gasteiger partial charge on any atom is 0.343 e. The largest absolute Gasteiger partial charge is 0.493 e. The molecular weight excluding hydrogens is 458 g/mol. The van der Waals surface area contributed by atoms with E-state index in [-0.39, 0.29) is 22.9 Å². The summed E-state index contributed by atoms with van der Waals surface area (Å²) in [5.74, 6) is 0.336. The molecule has 172 valence electrons. The van der Waals surface area contributed by atoms with Crippen molar-refractivity contribution in [3.63, 3.8) is 0 Å². The molecule has 0 saturated carbocycles. The third kappa shape index (κ3) is 4.77. The second kappa shape index (κ2) is 10.2. The van der Waals surface area contributed by atoms with Crippen LogP contribution in [0.4, 0.5) is 0 Å². The van der Waals surface area contributed by atoms with Crippen LogP contribution >= 0.6 is 11.6 Å². The van der Waals surface area contributed by atoms with Gasteiger partial charge in [-0.3, -0.25) is 4.79 Å². The standard InChI is InChI=1S/C25H20ClN3O5/c1-32-21-13-16(12-19(26)23(21)34-15-22(30)33-2)14-27-29-24(17-8-4-3-5-9-17)28-20-11-7-6-10-18(20)25(29)31/h3-14H,15H2,1-2H3. The minimum absolute atomic E-state index is 0.196. The van der Waals surface area contributed by atoms with Gasteiger partial charge in [0.25, 0.3) is 5.56 Å². The first kappa shape index (κ1) is 23.0. The topological polar surface area (TPSA) is 92.0 Å². The zero-order chi connectivity index (χ0) is 24.1. The van der Waals surface area contributed by atoms with Gasteiger partial charge >= 0.3 is 5.97 Å². The van der Waals surface area contributed by atoms with Crippen LogP contribution in [0.3, 0.4) is 0 Å². The van der Waals surface area contributed by atoms with Gasteiger partial charge in [0.2, 0.25) is 0 Å². The summed E-state index contributed by atoms with van der Waals surface area (Å²) >= 11 is 6.36. The van der Waals surface area contributed by atoms with Gasteiger partial charge in [-0.1, -0.05) is 54.1 Å². The zero-order valence-corrected chi connectivity index (χ0v) is 19.2. The Hall–Kier alpha value is -4.17. The second-order valence-corrected chi connectivity index (χ2v) is 7.49. The fourth-order valence-corrected chi connectivity index (χ4v) is 3.55. The van der Waals surface area contributed by atoms with Crippen molar-refractivity contribution in [2.45, 2.75) is 0 Å². The van der Waals surface area contributed by atoms with E-state index < -0.39 is 5.97 Å². The highest BCUT2D eigenvalue weighted by Gasteiger charge is 2.15. The number of fused-ring (bicyclic) bond motifs is 1. The SMILES string of the molecule is COC(=O)COc1c(Cl)cc(C=Nn2c(-c3ccccc3)nc3ccccc3c2=O)cc1OC. The Labute approximate surface area is 200 Å². The first-order valence-corrected chi connectivity index (χ1v) is 10.6. The molecule has 0 radical (unpaired) electrons. The molecule has 0 bridgehead atoms. The number of rotatable bonds is 7. The predicted octanol–water partition coefficient (Wildman–Crippen LogP) is 4.16. The van der Waals surface area contributed by atoms with Crippen molar-refractivity contribution >= 4 is 34.7 Å². The molecule has 34 heavy (non-hydrogen) atoms. The Morgan fingerprint density at radius 2 is 1.82 bits per heavy atom. The number of carbonyl (C=O) groups is 1. The molecule has 1 aromatic heterocycles. The van der Waals surface area contributed by atoms with Crippen molar-refractivity contribution in [3.05, 3.63) is 87.7 Å². The molecule has 0 spiro atoms. The van der Waals surface area contributed by atoms with E-state index in [4.69, 9.17) is 21.1 Å². The molecule has 0 atom stereocenters.